The first-order valence-electron chi connectivity index (χ1n) is 8.13. The van der Waals surface area contributed by atoms with Crippen LogP contribution in [0.2, 0.25) is 0 Å². The van der Waals surface area contributed by atoms with Crippen molar-refractivity contribution in [3.63, 3.8) is 0 Å². The third-order valence-electron chi connectivity index (χ3n) is 5.20. The lowest BCUT2D eigenvalue weighted by molar-refractivity contribution is 0.0832. The molecule has 1 aliphatic carbocycles. The van der Waals surface area contributed by atoms with Crippen LogP contribution in [0.25, 0.3) is 0 Å². The molecule has 108 valence electrons. The molecular weight excluding hydrogens is 234 g/mol. The SMILES string of the molecule is CCNC1(C#N)CCCC(N2CCC(CC)CC2)C1. The Labute approximate surface area is 118 Å². The van der Waals surface area contributed by atoms with E-state index in [1.165, 1.54) is 45.2 Å². The Balaban J connectivity index is 1.92. The molecule has 1 heterocycles. The summed E-state index contributed by atoms with van der Waals surface area (Å²) in [7, 11) is 0. The highest BCUT2D eigenvalue weighted by Crippen LogP contribution is 2.33. The number of nitrogens with one attached hydrogen (secondary N) is 1. The van der Waals surface area contributed by atoms with Gasteiger partial charge in [0.1, 0.15) is 5.54 Å². The van der Waals surface area contributed by atoms with Crippen LogP contribution in [0.1, 0.15) is 58.8 Å². The molecule has 3 nitrogen and oxygen atoms in total. The Morgan fingerprint density at radius 1 is 1.26 bits per heavy atom. The number of nitrogens with zero attached hydrogens (tertiary/aromatic N) is 2. The van der Waals surface area contributed by atoms with Gasteiger partial charge in [0, 0.05) is 6.04 Å². The minimum absolute atomic E-state index is 0.251. The third kappa shape index (κ3) is 3.49. The Hall–Kier alpha value is -0.590. The van der Waals surface area contributed by atoms with E-state index in [1.54, 1.807) is 0 Å². The highest BCUT2D eigenvalue weighted by atomic mass is 15.2. The quantitative estimate of drug-likeness (QED) is 0.847. The van der Waals surface area contributed by atoms with Crippen LogP contribution in [-0.2, 0) is 0 Å². The lowest BCUT2D eigenvalue weighted by Gasteiger charge is -2.44. The maximum atomic E-state index is 9.54. The van der Waals surface area contributed by atoms with Crippen molar-refractivity contribution in [2.75, 3.05) is 19.6 Å². The van der Waals surface area contributed by atoms with Crippen molar-refractivity contribution in [3.05, 3.63) is 0 Å². The zero-order chi connectivity index (χ0) is 13.7. The van der Waals surface area contributed by atoms with Gasteiger partial charge in [-0.25, -0.2) is 0 Å². The Bertz CT molecular complexity index is 310. The van der Waals surface area contributed by atoms with E-state index in [4.69, 9.17) is 0 Å². The number of hydrogen-bond acceptors (Lipinski definition) is 3. The molecule has 1 aliphatic heterocycles. The molecule has 19 heavy (non-hydrogen) atoms. The number of piperidine rings is 1. The van der Waals surface area contributed by atoms with E-state index in [9.17, 15) is 5.26 Å². The molecule has 2 unspecified atom stereocenters. The minimum Gasteiger partial charge on any atom is -0.300 e. The van der Waals surface area contributed by atoms with Gasteiger partial charge in [-0.05, 0) is 64.1 Å². The monoisotopic (exact) mass is 263 g/mol. The highest BCUT2D eigenvalue weighted by Gasteiger charge is 2.38. The van der Waals surface area contributed by atoms with Crippen molar-refractivity contribution in [1.29, 1.82) is 5.26 Å². The Kier molecular flexibility index (Phi) is 5.24. The molecule has 0 aromatic carbocycles. The summed E-state index contributed by atoms with van der Waals surface area (Å²) in [5.41, 5.74) is -0.251. The van der Waals surface area contributed by atoms with Gasteiger partial charge in [0.25, 0.3) is 0 Å². The Morgan fingerprint density at radius 2 is 2.00 bits per heavy atom. The van der Waals surface area contributed by atoms with Crippen LogP contribution in [0, 0.1) is 17.2 Å². The molecule has 0 amide bonds. The molecule has 3 heteroatoms. The molecule has 0 spiro atoms. The van der Waals surface area contributed by atoms with E-state index >= 15 is 0 Å². The van der Waals surface area contributed by atoms with Crippen LogP contribution in [0.3, 0.4) is 0 Å². The van der Waals surface area contributed by atoms with Crippen molar-refractivity contribution in [3.8, 4) is 6.07 Å². The lowest BCUT2D eigenvalue weighted by atomic mass is 9.78. The summed E-state index contributed by atoms with van der Waals surface area (Å²) in [6, 6.07) is 3.20. The fraction of sp³-hybridized carbons (Fsp3) is 0.938. The van der Waals surface area contributed by atoms with E-state index in [0.717, 1.165) is 25.3 Å². The van der Waals surface area contributed by atoms with Crippen LogP contribution >= 0.6 is 0 Å². The number of likely N-dealkylation sites (tertiary alicyclic amines) is 1. The summed E-state index contributed by atoms with van der Waals surface area (Å²) >= 11 is 0. The molecule has 1 saturated heterocycles. The van der Waals surface area contributed by atoms with Crippen molar-refractivity contribution in [2.24, 2.45) is 5.92 Å². The largest absolute Gasteiger partial charge is 0.300 e. The predicted molar refractivity (Wildman–Crippen MR) is 78.9 cm³/mol. The molecule has 2 rings (SSSR count). The van der Waals surface area contributed by atoms with Gasteiger partial charge >= 0.3 is 0 Å². The molecule has 0 aromatic heterocycles. The Morgan fingerprint density at radius 3 is 2.58 bits per heavy atom. The topological polar surface area (TPSA) is 39.1 Å². The first kappa shape index (κ1) is 14.8. The number of rotatable bonds is 4. The van der Waals surface area contributed by atoms with Crippen LogP contribution < -0.4 is 5.32 Å². The van der Waals surface area contributed by atoms with E-state index in [1.807, 2.05) is 0 Å². The van der Waals surface area contributed by atoms with Gasteiger partial charge in [0.05, 0.1) is 6.07 Å². The summed E-state index contributed by atoms with van der Waals surface area (Å²) in [5.74, 6) is 0.939. The normalized spacial score (nSPS) is 34.1. The smallest absolute Gasteiger partial charge is 0.108 e. The average molecular weight is 263 g/mol. The first-order chi connectivity index (χ1) is 9.23. The molecule has 0 aromatic rings. The fourth-order valence-corrected chi connectivity index (χ4v) is 3.92. The molecule has 2 atom stereocenters. The van der Waals surface area contributed by atoms with E-state index in [-0.39, 0.29) is 5.54 Å². The van der Waals surface area contributed by atoms with E-state index in [2.05, 4.69) is 30.1 Å². The summed E-state index contributed by atoms with van der Waals surface area (Å²) < 4.78 is 0. The van der Waals surface area contributed by atoms with E-state index < -0.39 is 0 Å². The zero-order valence-corrected chi connectivity index (χ0v) is 12.6. The minimum atomic E-state index is -0.251. The average Bonchev–Trinajstić information content (AvgIpc) is 2.48. The van der Waals surface area contributed by atoms with Crippen LogP contribution in [0.5, 0.6) is 0 Å². The van der Waals surface area contributed by atoms with E-state index in [0.29, 0.717) is 6.04 Å². The fourth-order valence-electron chi connectivity index (χ4n) is 3.92. The molecule has 2 fully saturated rings. The summed E-state index contributed by atoms with van der Waals surface area (Å²) in [4.78, 5) is 2.66. The predicted octanol–water partition coefficient (Wildman–Crippen LogP) is 2.92. The van der Waals surface area contributed by atoms with Gasteiger partial charge < -0.3 is 4.90 Å². The lowest BCUT2D eigenvalue weighted by Crippen LogP contribution is -2.53. The van der Waals surface area contributed by atoms with Crippen molar-refractivity contribution >= 4 is 0 Å². The second kappa shape index (κ2) is 6.72. The molecular formula is C16H29N3. The van der Waals surface area contributed by atoms with Crippen LogP contribution in [-0.4, -0.2) is 36.1 Å². The second-order valence-electron chi connectivity index (χ2n) is 6.36. The van der Waals surface area contributed by atoms with Gasteiger partial charge in [0.2, 0.25) is 0 Å². The summed E-state index contributed by atoms with van der Waals surface area (Å²) in [6.45, 7) is 7.81. The van der Waals surface area contributed by atoms with Gasteiger partial charge in [-0.1, -0.05) is 20.3 Å². The molecule has 1 N–H and O–H groups in total. The van der Waals surface area contributed by atoms with Gasteiger partial charge in [-0.2, -0.15) is 5.26 Å². The maximum absolute atomic E-state index is 9.54. The molecule has 2 aliphatic rings. The molecule has 0 bridgehead atoms. The summed E-state index contributed by atoms with van der Waals surface area (Å²) in [5, 5.41) is 13.0. The maximum Gasteiger partial charge on any atom is 0.108 e. The number of hydrogen-bond donors (Lipinski definition) is 1. The second-order valence-corrected chi connectivity index (χ2v) is 6.36. The van der Waals surface area contributed by atoms with Crippen molar-refractivity contribution < 1.29 is 0 Å². The molecule has 0 radical (unpaired) electrons. The van der Waals surface area contributed by atoms with Crippen LogP contribution in [0.4, 0.5) is 0 Å². The van der Waals surface area contributed by atoms with Gasteiger partial charge in [-0.3, -0.25) is 5.32 Å². The highest BCUT2D eigenvalue weighted by molar-refractivity contribution is 5.11. The standard InChI is InChI=1S/C16H29N3/c1-3-14-7-10-19(11-8-14)15-6-5-9-16(12-15,13-17)18-4-2/h14-15,18H,3-12H2,1-2H3. The van der Waals surface area contributed by atoms with Gasteiger partial charge in [0.15, 0.2) is 0 Å². The molecule has 1 saturated carbocycles. The third-order valence-corrected chi connectivity index (χ3v) is 5.20. The van der Waals surface area contributed by atoms with Crippen molar-refractivity contribution in [2.45, 2.75) is 70.4 Å². The van der Waals surface area contributed by atoms with Crippen LogP contribution in [0.15, 0.2) is 0 Å². The zero-order valence-electron chi connectivity index (χ0n) is 12.6. The van der Waals surface area contributed by atoms with Crippen molar-refractivity contribution in [1.82, 2.24) is 10.2 Å². The van der Waals surface area contributed by atoms with Gasteiger partial charge in [-0.15, -0.1) is 0 Å². The number of nitriles is 1. The first-order valence-corrected chi connectivity index (χ1v) is 8.13. The summed E-state index contributed by atoms with van der Waals surface area (Å²) in [6.07, 6.45) is 8.57.